The first-order valence-electron chi connectivity index (χ1n) is 10.9. The standard InChI is InChI=1S/C25H28N2O7/c1-15(2)14-34-20-9-8-18(12-16(20)3)23(28)21-22(17-6-5-7-19(13-17)27(31)32)26(10-11-33-4)25(30)24(21)29/h5-9,12-13,15,22,28H,10-11,14H2,1-4H3/b23-21+/t22-/m1/s1. The van der Waals surface area contributed by atoms with Gasteiger partial charge < -0.3 is 19.5 Å². The molecule has 1 saturated heterocycles. The third kappa shape index (κ3) is 5.09. The maximum absolute atomic E-state index is 13.0. The van der Waals surface area contributed by atoms with E-state index in [1.165, 1.54) is 30.2 Å². The molecule has 1 aliphatic rings. The van der Waals surface area contributed by atoms with Gasteiger partial charge in [0, 0.05) is 31.4 Å². The maximum atomic E-state index is 13.0. The second kappa shape index (κ2) is 10.5. The van der Waals surface area contributed by atoms with Gasteiger partial charge in [-0.15, -0.1) is 0 Å². The van der Waals surface area contributed by atoms with Gasteiger partial charge in [0.2, 0.25) is 0 Å². The minimum atomic E-state index is -0.993. The Bertz CT molecular complexity index is 1140. The van der Waals surface area contributed by atoms with Crippen molar-refractivity contribution in [1.29, 1.82) is 0 Å². The number of Topliss-reactive ketones (excluding diaryl/α,β-unsaturated/α-hetero) is 1. The van der Waals surface area contributed by atoms with Gasteiger partial charge in [-0.25, -0.2) is 0 Å². The highest BCUT2D eigenvalue weighted by molar-refractivity contribution is 6.46. The lowest BCUT2D eigenvalue weighted by atomic mass is 9.94. The van der Waals surface area contributed by atoms with Crippen LogP contribution in [0.5, 0.6) is 5.75 Å². The molecule has 2 aromatic rings. The summed E-state index contributed by atoms with van der Waals surface area (Å²) in [5, 5.41) is 22.5. The zero-order chi connectivity index (χ0) is 25.0. The monoisotopic (exact) mass is 468 g/mol. The molecule has 0 unspecified atom stereocenters. The van der Waals surface area contributed by atoms with E-state index in [1.54, 1.807) is 24.3 Å². The maximum Gasteiger partial charge on any atom is 0.295 e. The first kappa shape index (κ1) is 24.9. The van der Waals surface area contributed by atoms with E-state index in [9.17, 15) is 24.8 Å². The Morgan fingerprint density at radius 1 is 1.21 bits per heavy atom. The Labute approximate surface area is 197 Å². The van der Waals surface area contributed by atoms with Gasteiger partial charge in [-0.05, 0) is 42.2 Å². The molecule has 3 rings (SSSR count). The van der Waals surface area contributed by atoms with Crippen LogP contribution in [-0.2, 0) is 14.3 Å². The lowest BCUT2D eigenvalue weighted by Gasteiger charge is -2.25. The topological polar surface area (TPSA) is 119 Å². The van der Waals surface area contributed by atoms with Crippen LogP contribution in [0.15, 0.2) is 48.0 Å². The molecule has 9 heteroatoms. The summed E-state index contributed by atoms with van der Waals surface area (Å²) in [6.07, 6.45) is 0. The van der Waals surface area contributed by atoms with Crippen molar-refractivity contribution < 1.29 is 29.1 Å². The van der Waals surface area contributed by atoms with Gasteiger partial charge in [0.25, 0.3) is 17.4 Å². The Morgan fingerprint density at radius 2 is 1.94 bits per heavy atom. The smallest absolute Gasteiger partial charge is 0.295 e. The van der Waals surface area contributed by atoms with Gasteiger partial charge in [-0.1, -0.05) is 26.0 Å². The molecular weight excluding hydrogens is 440 g/mol. The number of carbonyl (C=O) groups is 2. The molecule has 0 radical (unpaired) electrons. The predicted molar refractivity (Wildman–Crippen MR) is 125 cm³/mol. The molecule has 0 aromatic heterocycles. The summed E-state index contributed by atoms with van der Waals surface area (Å²) in [5.41, 5.74) is 1.13. The van der Waals surface area contributed by atoms with Crippen LogP contribution in [0, 0.1) is 23.0 Å². The van der Waals surface area contributed by atoms with E-state index in [-0.39, 0.29) is 30.2 Å². The molecule has 0 saturated carbocycles. The van der Waals surface area contributed by atoms with Crippen LogP contribution in [0.25, 0.3) is 5.76 Å². The van der Waals surface area contributed by atoms with E-state index < -0.39 is 22.7 Å². The van der Waals surface area contributed by atoms with Gasteiger partial charge in [0.05, 0.1) is 29.8 Å². The normalized spacial score (nSPS) is 17.4. The summed E-state index contributed by atoms with van der Waals surface area (Å²) in [5.74, 6) is -1.02. The number of carbonyl (C=O) groups excluding carboxylic acids is 2. The SMILES string of the molecule is COCCN1C(=O)C(=O)/C(=C(/O)c2ccc(OCC(C)C)c(C)c2)[C@H]1c1cccc([N+](=O)[O-])c1. The van der Waals surface area contributed by atoms with E-state index >= 15 is 0 Å². The Balaban J connectivity index is 2.11. The van der Waals surface area contributed by atoms with Crippen LogP contribution in [0.4, 0.5) is 5.69 Å². The van der Waals surface area contributed by atoms with Crippen molar-refractivity contribution in [3.8, 4) is 5.75 Å². The number of non-ortho nitro benzene ring substituents is 1. The van der Waals surface area contributed by atoms with E-state index in [0.717, 1.165) is 5.56 Å². The van der Waals surface area contributed by atoms with Crippen LogP contribution in [0.3, 0.4) is 0 Å². The summed E-state index contributed by atoms with van der Waals surface area (Å²) in [6.45, 7) is 6.65. The zero-order valence-corrected chi connectivity index (χ0v) is 19.6. The molecule has 0 aliphatic carbocycles. The minimum Gasteiger partial charge on any atom is -0.507 e. The number of nitro benzene ring substituents is 1. The van der Waals surface area contributed by atoms with Crippen LogP contribution < -0.4 is 4.74 Å². The van der Waals surface area contributed by atoms with E-state index in [0.29, 0.717) is 29.4 Å². The van der Waals surface area contributed by atoms with Gasteiger partial charge in [0.15, 0.2) is 0 Å². The fraction of sp³-hybridized carbons (Fsp3) is 0.360. The molecule has 0 bridgehead atoms. The van der Waals surface area contributed by atoms with Gasteiger partial charge >= 0.3 is 0 Å². The van der Waals surface area contributed by atoms with Crippen LogP contribution in [-0.4, -0.2) is 53.5 Å². The van der Waals surface area contributed by atoms with Crippen molar-refractivity contribution in [2.75, 3.05) is 26.9 Å². The van der Waals surface area contributed by atoms with Crippen LogP contribution >= 0.6 is 0 Å². The second-order valence-electron chi connectivity index (χ2n) is 8.52. The molecule has 9 nitrogen and oxygen atoms in total. The average molecular weight is 469 g/mol. The fourth-order valence-electron chi connectivity index (χ4n) is 3.83. The quantitative estimate of drug-likeness (QED) is 0.194. The summed E-state index contributed by atoms with van der Waals surface area (Å²) in [6, 6.07) is 9.70. The van der Waals surface area contributed by atoms with Crippen molar-refractivity contribution >= 4 is 23.1 Å². The van der Waals surface area contributed by atoms with Gasteiger partial charge in [-0.2, -0.15) is 0 Å². The number of nitro groups is 1. The Kier molecular flexibility index (Phi) is 7.68. The van der Waals surface area contributed by atoms with Gasteiger partial charge in [0.1, 0.15) is 11.5 Å². The Morgan fingerprint density at radius 3 is 2.56 bits per heavy atom. The number of hydrogen-bond acceptors (Lipinski definition) is 7. The number of aliphatic hydroxyl groups excluding tert-OH is 1. The number of methoxy groups -OCH3 is 1. The van der Waals surface area contributed by atoms with Crippen molar-refractivity contribution in [1.82, 2.24) is 4.90 Å². The summed E-state index contributed by atoms with van der Waals surface area (Å²) < 4.78 is 10.9. The number of ketones is 1. The summed E-state index contributed by atoms with van der Waals surface area (Å²) >= 11 is 0. The summed E-state index contributed by atoms with van der Waals surface area (Å²) in [4.78, 5) is 37.9. The lowest BCUT2D eigenvalue weighted by molar-refractivity contribution is -0.384. The largest absolute Gasteiger partial charge is 0.507 e. The molecular formula is C25H28N2O7. The number of amides is 1. The zero-order valence-electron chi connectivity index (χ0n) is 19.6. The molecule has 1 amide bonds. The van der Waals surface area contributed by atoms with E-state index in [4.69, 9.17) is 9.47 Å². The van der Waals surface area contributed by atoms with Crippen molar-refractivity contribution in [3.63, 3.8) is 0 Å². The van der Waals surface area contributed by atoms with Crippen molar-refractivity contribution in [2.24, 2.45) is 5.92 Å². The minimum absolute atomic E-state index is 0.0756. The van der Waals surface area contributed by atoms with Crippen molar-refractivity contribution in [2.45, 2.75) is 26.8 Å². The summed E-state index contributed by atoms with van der Waals surface area (Å²) in [7, 11) is 1.46. The number of benzene rings is 2. The van der Waals surface area contributed by atoms with Gasteiger partial charge in [-0.3, -0.25) is 19.7 Å². The molecule has 1 heterocycles. The highest BCUT2D eigenvalue weighted by atomic mass is 16.6. The second-order valence-corrected chi connectivity index (χ2v) is 8.52. The molecule has 0 spiro atoms. The number of aliphatic hydroxyl groups is 1. The third-order valence-corrected chi connectivity index (χ3v) is 5.49. The number of likely N-dealkylation sites (tertiary alicyclic amines) is 1. The fourth-order valence-corrected chi connectivity index (χ4v) is 3.83. The molecule has 34 heavy (non-hydrogen) atoms. The molecule has 1 aliphatic heterocycles. The third-order valence-electron chi connectivity index (χ3n) is 5.49. The highest BCUT2D eigenvalue weighted by Gasteiger charge is 2.46. The Hall–Kier alpha value is -3.72. The molecule has 1 atom stereocenters. The molecule has 1 fully saturated rings. The first-order chi connectivity index (χ1) is 16.1. The van der Waals surface area contributed by atoms with Crippen LogP contribution in [0.1, 0.15) is 36.6 Å². The number of rotatable bonds is 9. The van der Waals surface area contributed by atoms with Crippen LogP contribution in [0.2, 0.25) is 0 Å². The molecule has 180 valence electrons. The first-order valence-corrected chi connectivity index (χ1v) is 10.9. The predicted octanol–water partition coefficient (Wildman–Crippen LogP) is 4.01. The number of nitrogens with zero attached hydrogens (tertiary/aromatic N) is 2. The average Bonchev–Trinajstić information content (AvgIpc) is 3.06. The molecule has 1 N–H and O–H groups in total. The van der Waals surface area contributed by atoms with E-state index in [1.807, 2.05) is 20.8 Å². The van der Waals surface area contributed by atoms with Crippen molar-refractivity contribution in [3.05, 3.63) is 74.8 Å². The lowest BCUT2D eigenvalue weighted by Crippen LogP contribution is -2.32. The molecule has 2 aromatic carbocycles. The van der Waals surface area contributed by atoms with E-state index in [2.05, 4.69) is 0 Å². The number of ether oxygens (including phenoxy) is 2. The highest BCUT2D eigenvalue weighted by Crippen LogP contribution is 2.40. The number of hydrogen-bond donors (Lipinski definition) is 1. The number of aryl methyl sites for hydroxylation is 1.